The van der Waals surface area contributed by atoms with Gasteiger partial charge in [-0.05, 0) is 70.6 Å². The monoisotopic (exact) mass is 883 g/mol. The van der Waals surface area contributed by atoms with Gasteiger partial charge in [0.05, 0.1) is 39.9 Å². The second kappa shape index (κ2) is 42.6. The average molecular weight is 883 g/mol. The Labute approximate surface area is 377 Å². The largest absolute Gasteiger partial charge is 0.756 e. The zero-order chi connectivity index (χ0) is 45.1. The molecule has 0 aliphatic heterocycles. The molecule has 9 nitrogen and oxygen atoms in total. The Morgan fingerprint density at radius 1 is 0.590 bits per heavy atom. The van der Waals surface area contributed by atoms with Crippen molar-refractivity contribution in [3.8, 4) is 0 Å². The van der Waals surface area contributed by atoms with Crippen LogP contribution in [-0.4, -0.2) is 79.8 Å². The minimum Gasteiger partial charge on any atom is -0.756 e. The second-order valence-electron chi connectivity index (χ2n) is 18.7. The molecule has 10 heteroatoms. The number of aliphatic hydroxyl groups excluding tert-OH is 2. The zero-order valence-electron chi connectivity index (χ0n) is 40.5. The van der Waals surface area contributed by atoms with Crippen LogP contribution in [0.4, 0.5) is 0 Å². The number of unbranched alkanes of at least 4 members (excludes halogenated alkanes) is 26. The van der Waals surface area contributed by atoms with Gasteiger partial charge in [-0.2, -0.15) is 0 Å². The molecule has 4 unspecified atom stereocenters. The highest BCUT2D eigenvalue weighted by atomic mass is 31.2. The van der Waals surface area contributed by atoms with Gasteiger partial charge in [-0.3, -0.25) is 9.36 Å². The molecule has 0 aromatic heterocycles. The molecule has 0 bridgehead atoms. The average Bonchev–Trinajstić information content (AvgIpc) is 3.21. The van der Waals surface area contributed by atoms with E-state index in [-0.39, 0.29) is 18.9 Å². The van der Waals surface area contributed by atoms with E-state index in [0.29, 0.717) is 30.3 Å². The lowest BCUT2D eigenvalue weighted by atomic mass is 10.0. The lowest BCUT2D eigenvalue weighted by Crippen LogP contribution is -2.51. The van der Waals surface area contributed by atoms with Crippen LogP contribution in [0.15, 0.2) is 36.5 Å². The first-order valence-electron chi connectivity index (χ1n) is 25.4. The van der Waals surface area contributed by atoms with Crippen molar-refractivity contribution in [2.75, 3.05) is 40.9 Å². The van der Waals surface area contributed by atoms with Crippen LogP contribution in [0.25, 0.3) is 0 Å². The highest BCUT2D eigenvalue weighted by molar-refractivity contribution is 7.45. The Balaban J connectivity index is 4.30. The molecule has 1 amide bonds. The predicted octanol–water partition coefficient (Wildman–Crippen LogP) is 13.0. The lowest BCUT2D eigenvalue weighted by Gasteiger charge is -2.31. The van der Waals surface area contributed by atoms with Gasteiger partial charge in [0, 0.05) is 6.42 Å². The molecule has 0 fully saturated rings. The van der Waals surface area contributed by atoms with E-state index < -0.39 is 32.7 Å². The summed E-state index contributed by atoms with van der Waals surface area (Å²) >= 11 is 0. The summed E-state index contributed by atoms with van der Waals surface area (Å²) in [6.45, 7) is 4.40. The molecule has 0 rings (SSSR count). The molecule has 0 aromatic carbocycles. The molecule has 0 aliphatic rings. The number of aliphatic hydroxyl groups is 2. The molecule has 0 radical (unpaired) electrons. The molecule has 0 saturated carbocycles. The van der Waals surface area contributed by atoms with Crippen LogP contribution in [-0.2, 0) is 18.4 Å². The lowest BCUT2D eigenvalue weighted by molar-refractivity contribution is -0.870. The third-order valence-corrected chi connectivity index (χ3v) is 12.4. The van der Waals surface area contributed by atoms with Crippen LogP contribution in [0.3, 0.4) is 0 Å². The summed E-state index contributed by atoms with van der Waals surface area (Å²) in [5.74, 6) is -0.289. The molecular formula is C51H99N2O7P. The summed E-state index contributed by atoms with van der Waals surface area (Å²) in [5.41, 5.74) is 0. The van der Waals surface area contributed by atoms with E-state index in [4.69, 9.17) is 9.05 Å². The molecule has 3 N–H and O–H groups in total. The zero-order valence-corrected chi connectivity index (χ0v) is 41.4. The Bertz CT molecular complexity index is 1110. The summed E-state index contributed by atoms with van der Waals surface area (Å²) in [5, 5.41) is 24.6. The minimum absolute atomic E-state index is 0.0461. The molecule has 0 heterocycles. The number of nitrogens with one attached hydrogen (secondary N) is 1. The summed E-state index contributed by atoms with van der Waals surface area (Å²) in [6.07, 6.45) is 49.1. The van der Waals surface area contributed by atoms with E-state index in [9.17, 15) is 24.5 Å². The number of phosphoric ester groups is 1. The maximum atomic E-state index is 12.9. The van der Waals surface area contributed by atoms with Gasteiger partial charge in [0.1, 0.15) is 19.3 Å². The van der Waals surface area contributed by atoms with Crippen molar-refractivity contribution in [2.45, 2.75) is 244 Å². The van der Waals surface area contributed by atoms with Crippen molar-refractivity contribution < 1.29 is 38.0 Å². The number of rotatable bonds is 46. The highest BCUT2D eigenvalue weighted by Crippen LogP contribution is 2.38. The number of phosphoric acid groups is 1. The minimum atomic E-state index is -4.67. The normalized spacial score (nSPS) is 15.0. The van der Waals surface area contributed by atoms with Crippen molar-refractivity contribution in [1.29, 1.82) is 0 Å². The fraction of sp³-hybridized carbons (Fsp3) is 0.863. The van der Waals surface area contributed by atoms with Crippen molar-refractivity contribution in [2.24, 2.45) is 0 Å². The number of hydrogen-bond donors (Lipinski definition) is 3. The Hall–Kier alpha value is -1.32. The van der Waals surface area contributed by atoms with Crippen molar-refractivity contribution in [3.63, 3.8) is 0 Å². The van der Waals surface area contributed by atoms with Crippen LogP contribution in [0, 0.1) is 0 Å². The summed E-state index contributed by atoms with van der Waals surface area (Å²) in [6, 6.07) is -1.09. The number of nitrogens with zero attached hydrogens (tertiary/aromatic N) is 1. The SMILES string of the molecule is CCCCCCC/C=C\C/C=C\CCCCCCCCCCCCCCCC(=O)NC(COP(=O)([O-])OCC[N+](C)(C)C)C(O)C(O)CCC/C=C/CCCCCCCCC. The number of quaternary nitrogens is 1. The first kappa shape index (κ1) is 59.7. The van der Waals surface area contributed by atoms with Gasteiger partial charge in [0.15, 0.2) is 0 Å². The summed E-state index contributed by atoms with van der Waals surface area (Å²) in [7, 11) is 1.11. The molecule has 0 saturated heterocycles. The topological polar surface area (TPSA) is 128 Å². The Kier molecular flexibility index (Phi) is 41.7. The molecular weight excluding hydrogens is 784 g/mol. The van der Waals surface area contributed by atoms with Crippen molar-refractivity contribution in [3.05, 3.63) is 36.5 Å². The van der Waals surface area contributed by atoms with Gasteiger partial charge in [0.2, 0.25) is 5.91 Å². The maximum Gasteiger partial charge on any atom is 0.268 e. The van der Waals surface area contributed by atoms with E-state index >= 15 is 0 Å². The first-order chi connectivity index (χ1) is 29.4. The smallest absolute Gasteiger partial charge is 0.268 e. The van der Waals surface area contributed by atoms with Crippen LogP contribution >= 0.6 is 7.82 Å². The fourth-order valence-corrected chi connectivity index (χ4v) is 8.07. The van der Waals surface area contributed by atoms with Crippen molar-refractivity contribution in [1.82, 2.24) is 5.32 Å². The van der Waals surface area contributed by atoms with Crippen LogP contribution in [0.5, 0.6) is 0 Å². The van der Waals surface area contributed by atoms with Gasteiger partial charge in [-0.15, -0.1) is 0 Å². The first-order valence-corrected chi connectivity index (χ1v) is 26.9. The fourth-order valence-electron chi connectivity index (χ4n) is 7.34. The number of carbonyl (C=O) groups excluding carboxylic acids is 1. The van der Waals surface area contributed by atoms with E-state index in [0.717, 1.165) is 38.5 Å². The highest BCUT2D eigenvalue weighted by Gasteiger charge is 2.29. The van der Waals surface area contributed by atoms with E-state index in [1.807, 2.05) is 21.1 Å². The molecule has 0 spiro atoms. The van der Waals surface area contributed by atoms with E-state index in [2.05, 4.69) is 55.6 Å². The van der Waals surface area contributed by atoms with Gasteiger partial charge in [-0.1, -0.05) is 185 Å². The van der Waals surface area contributed by atoms with Gasteiger partial charge in [-0.25, -0.2) is 0 Å². The molecule has 0 aromatic rings. The Morgan fingerprint density at radius 3 is 1.43 bits per heavy atom. The van der Waals surface area contributed by atoms with Crippen molar-refractivity contribution >= 4 is 13.7 Å². The van der Waals surface area contributed by atoms with Crippen LogP contribution in [0.2, 0.25) is 0 Å². The van der Waals surface area contributed by atoms with Gasteiger partial charge < -0.3 is 34.0 Å². The van der Waals surface area contributed by atoms with Crippen LogP contribution < -0.4 is 10.2 Å². The molecule has 0 aliphatic carbocycles. The number of amides is 1. The second-order valence-corrected chi connectivity index (χ2v) is 20.1. The molecule has 4 atom stereocenters. The third kappa shape index (κ3) is 43.7. The predicted molar refractivity (Wildman–Crippen MR) is 257 cm³/mol. The standard InChI is InChI=1S/C51H99N2O7P/c1-6-8-10-12-14-16-18-20-21-22-23-24-25-26-27-28-29-30-31-32-34-36-38-40-42-44-50(55)52-48(47-60-61(57,58)59-46-45-53(3,4)5)51(56)49(54)43-41-39-37-35-33-19-17-15-13-11-9-7-2/h18,20,22-23,35,37,48-49,51,54,56H,6-17,19,21,24-34,36,38-47H2,1-5H3,(H-,52,55,57,58)/b20-18-,23-22-,37-35+. The number of hydrogen-bond acceptors (Lipinski definition) is 7. The maximum absolute atomic E-state index is 12.9. The summed E-state index contributed by atoms with van der Waals surface area (Å²) in [4.78, 5) is 25.4. The number of carbonyl (C=O) groups is 1. The van der Waals surface area contributed by atoms with Gasteiger partial charge in [0.25, 0.3) is 7.82 Å². The third-order valence-electron chi connectivity index (χ3n) is 11.4. The number of allylic oxidation sites excluding steroid dienone is 6. The summed E-state index contributed by atoms with van der Waals surface area (Å²) < 4.78 is 23.2. The Morgan fingerprint density at radius 2 is 0.984 bits per heavy atom. The van der Waals surface area contributed by atoms with Gasteiger partial charge >= 0.3 is 0 Å². The molecule has 360 valence electrons. The quantitative estimate of drug-likeness (QED) is 0.0240. The van der Waals surface area contributed by atoms with Crippen LogP contribution in [0.1, 0.15) is 226 Å². The number of likely N-dealkylation sites (N-methyl/N-ethyl adjacent to an activating group) is 1. The van der Waals surface area contributed by atoms with E-state index in [1.54, 1.807) is 0 Å². The van der Waals surface area contributed by atoms with E-state index in [1.165, 1.54) is 148 Å². The molecule has 61 heavy (non-hydrogen) atoms.